The van der Waals surface area contributed by atoms with Gasteiger partial charge in [-0.3, -0.25) is 10.1 Å². The second-order valence-corrected chi connectivity index (χ2v) is 0.979. The molecule has 0 aliphatic heterocycles. The number of hydrogen-bond donors (Lipinski definition) is 3. The smallest absolute Gasteiger partial charge is 0.317 e. The van der Waals surface area contributed by atoms with Gasteiger partial charge in [-0.05, 0) is 0 Å². The molecule has 1 atom stereocenters. The van der Waals surface area contributed by atoms with E-state index in [-0.39, 0.29) is 23.2 Å². The summed E-state index contributed by atoms with van der Waals surface area (Å²) in [4.78, 5) is 9.58. The molecule has 0 aromatic carbocycles. The standard InChI is InChI=1S/C3H7NO3.H3P/c5-2-4-1-3(6)7;/h4-5H,1-2H2,(H,6,7);1H3. The molecule has 5 heteroatoms. The average molecular weight is 139 g/mol. The second-order valence-electron chi connectivity index (χ2n) is 0.979. The van der Waals surface area contributed by atoms with E-state index in [0.29, 0.717) is 0 Å². The molecule has 8 heavy (non-hydrogen) atoms. The number of aliphatic hydroxyl groups excluding tert-OH is 1. The van der Waals surface area contributed by atoms with Gasteiger partial charge in [0.25, 0.3) is 0 Å². The molecule has 0 amide bonds. The van der Waals surface area contributed by atoms with E-state index < -0.39 is 5.97 Å². The lowest BCUT2D eigenvalue weighted by molar-refractivity contribution is -0.136. The van der Waals surface area contributed by atoms with Crippen LogP contribution in [0.5, 0.6) is 0 Å². The van der Waals surface area contributed by atoms with Crippen LogP contribution in [0.15, 0.2) is 0 Å². The SMILES string of the molecule is O=C(O)CNCO.P. The monoisotopic (exact) mass is 139 g/mol. The van der Waals surface area contributed by atoms with Crippen molar-refractivity contribution in [2.24, 2.45) is 0 Å². The Hall–Kier alpha value is -0.180. The summed E-state index contributed by atoms with van der Waals surface area (Å²) in [5.74, 6) is -0.964. The molecular weight excluding hydrogens is 129 g/mol. The highest BCUT2D eigenvalue weighted by Gasteiger charge is 1.89. The van der Waals surface area contributed by atoms with E-state index >= 15 is 0 Å². The number of carboxylic acids is 1. The molecule has 0 aromatic rings. The third-order valence-corrected chi connectivity index (χ3v) is 0.388. The van der Waals surface area contributed by atoms with Gasteiger partial charge < -0.3 is 10.2 Å². The minimum Gasteiger partial charge on any atom is -0.480 e. The maximum absolute atomic E-state index is 9.58. The zero-order chi connectivity index (χ0) is 5.70. The first kappa shape index (κ1) is 10.7. The topological polar surface area (TPSA) is 69.6 Å². The Morgan fingerprint density at radius 3 is 2.25 bits per heavy atom. The summed E-state index contributed by atoms with van der Waals surface area (Å²) in [6, 6.07) is 0. The van der Waals surface area contributed by atoms with Crippen LogP contribution in [-0.2, 0) is 4.79 Å². The van der Waals surface area contributed by atoms with E-state index in [1.807, 2.05) is 0 Å². The first-order chi connectivity index (χ1) is 3.27. The van der Waals surface area contributed by atoms with E-state index in [0.717, 1.165) is 0 Å². The summed E-state index contributed by atoms with van der Waals surface area (Å²) in [6.07, 6.45) is 0. The molecular formula is C3H10NO3P. The number of rotatable bonds is 3. The fourth-order valence-electron chi connectivity index (χ4n) is 0.163. The number of nitrogens with one attached hydrogen (secondary N) is 1. The lowest BCUT2D eigenvalue weighted by Gasteiger charge is -1.90. The van der Waals surface area contributed by atoms with Crippen LogP contribution in [0.2, 0.25) is 0 Å². The molecule has 0 bridgehead atoms. The van der Waals surface area contributed by atoms with Gasteiger partial charge in [-0.15, -0.1) is 0 Å². The minimum atomic E-state index is -0.964. The Bertz CT molecular complexity index is 67.5. The van der Waals surface area contributed by atoms with Crippen LogP contribution >= 0.6 is 9.90 Å². The fraction of sp³-hybridized carbons (Fsp3) is 0.667. The zero-order valence-corrected chi connectivity index (χ0v) is 5.84. The normalized spacial score (nSPS) is 7.62. The van der Waals surface area contributed by atoms with Gasteiger partial charge >= 0.3 is 5.97 Å². The summed E-state index contributed by atoms with van der Waals surface area (Å²) in [5.41, 5.74) is 0. The van der Waals surface area contributed by atoms with Crippen LogP contribution in [-0.4, -0.2) is 29.5 Å². The van der Waals surface area contributed by atoms with Crippen molar-refractivity contribution in [2.75, 3.05) is 13.3 Å². The summed E-state index contributed by atoms with van der Waals surface area (Å²) in [7, 11) is 0. The van der Waals surface area contributed by atoms with Gasteiger partial charge in [0, 0.05) is 0 Å². The molecule has 0 radical (unpaired) electrons. The van der Waals surface area contributed by atoms with Gasteiger partial charge in [-0.1, -0.05) is 0 Å². The molecule has 0 aromatic heterocycles. The van der Waals surface area contributed by atoms with E-state index in [4.69, 9.17) is 10.2 Å². The lowest BCUT2D eigenvalue weighted by Crippen LogP contribution is -2.22. The van der Waals surface area contributed by atoms with E-state index in [2.05, 4.69) is 5.32 Å². The molecule has 0 rings (SSSR count). The first-order valence-corrected chi connectivity index (χ1v) is 1.80. The van der Waals surface area contributed by atoms with Crippen LogP contribution < -0.4 is 5.32 Å². The number of hydrogen-bond acceptors (Lipinski definition) is 3. The van der Waals surface area contributed by atoms with Crippen molar-refractivity contribution in [3.8, 4) is 0 Å². The maximum atomic E-state index is 9.58. The summed E-state index contributed by atoms with van der Waals surface area (Å²) >= 11 is 0. The molecule has 0 saturated carbocycles. The summed E-state index contributed by atoms with van der Waals surface area (Å²) in [6.45, 7) is -0.469. The lowest BCUT2D eigenvalue weighted by atomic mass is 10.7. The van der Waals surface area contributed by atoms with Gasteiger partial charge in [-0.2, -0.15) is 9.90 Å². The van der Waals surface area contributed by atoms with Gasteiger partial charge in [-0.25, -0.2) is 0 Å². The highest BCUT2D eigenvalue weighted by atomic mass is 31.0. The number of aliphatic hydroxyl groups is 1. The van der Waals surface area contributed by atoms with Crippen LogP contribution in [0, 0.1) is 0 Å². The van der Waals surface area contributed by atoms with Crippen molar-refractivity contribution in [1.29, 1.82) is 0 Å². The van der Waals surface area contributed by atoms with Crippen LogP contribution in [0.25, 0.3) is 0 Å². The van der Waals surface area contributed by atoms with Crippen molar-refractivity contribution in [3.63, 3.8) is 0 Å². The molecule has 0 aliphatic rings. The van der Waals surface area contributed by atoms with Gasteiger partial charge in [0.15, 0.2) is 0 Å². The predicted molar refractivity (Wildman–Crippen MR) is 33.8 cm³/mol. The quantitative estimate of drug-likeness (QED) is 0.334. The summed E-state index contributed by atoms with van der Waals surface area (Å²) < 4.78 is 0. The molecule has 0 saturated heterocycles. The van der Waals surface area contributed by atoms with Crippen molar-refractivity contribution in [2.45, 2.75) is 0 Å². The number of carbonyl (C=O) groups is 1. The second kappa shape index (κ2) is 6.82. The van der Waals surface area contributed by atoms with Crippen molar-refractivity contribution in [3.05, 3.63) is 0 Å². The third kappa shape index (κ3) is 9.27. The molecule has 0 fully saturated rings. The molecule has 4 nitrogen and oxygen atoms in total. The van der Waals surface area contributed by atoms with Gasteiger partial charge in [0.05, 0.1) is 13.3 Å². The third-order valence-electron chi connectivity index (χ3n) is 0.388. The molecule has 0 heterocycles. The zero-order valence-electron chi connectivity index (χ0n) is 4.42. The largest absolute Gasteiger partial charge is 0.480 e. The minimum absolute atomic E-state index is 0. The Kier molecular flexibility index (Phi) is 9.15. The molecule has 0 aliphatic carbocycles. The van der Waals surface area contributed by atoms with E-state index in [1.165, 1.54) is 0 Å². The van der Waals surface area contributed by atoms with Crippen molar-refractivity contribution >= 4 is 15.9 Å². The highest BCUT2D eigenvalue weighted by Crippen LogP contribution is 1.54. The Morgan fingerprint density at radius 2 is 2.12 bits per heavy atom. The predicted octanol–water partition coefficient (Wildman–Crippen LogP) is -1.33. The molecule has 1 unspecified atom stereocenters. The maximum Gasteiger partial charge on any atom is 0.317 e. The molecule has 3 N–H and O–H groups in total. The fourth-order valence-corrected chi connectivity index (χ4v) is 0.163. The van der Waals surface area contributed by atoms with Crippen LogP contribution in [0.4, 0.5) is 0 Å². The van der Waals surface area contributed by atoms with Crippen LogP contribution in [0.3, 0.4) is 0 Å². The summed E-state index contributed by atoms with van der Waals surface area (Å²) in [5, 5.41) is 18.0. The Morgan fingerprint density at radius 1 is 1.62 bits per heavy atom. The Balaban J connectivity index is 0. The highest BCUT2D eigenvalue weighted by molar-refractivity contribution is 6.92. The molecule has 50 valence electrons. The number of carboxylic acid groups (broad SMARTS) is 1. The van der Waals surface area contributed by atoms with E-state index in [1.54, 1.807) is 0 Å². The van der Waals surface area contributed by atoms with Gasteiger partial charge in [0.2, 0.25) is 0 Å². The van der Waals surface area contributed by atoms with Crippen molar-refractivity contribution in [1.82, 2.24) is 5.32 Å². The van der Waals surface area contributed by atoms with Crippen molar-refractivity contribution < 1.29 is 15.0 Å². The first-order valence-electron chi connectivity index (χ1n) is 1.80. The van der Waals surface area contributed by atoms with Crippen LogP contribution in [0.1, 0.15) is 0 Å². The van der Waals surface area contributed by atoms with Gasteiger partial charge in [0.1, 0.15) is 0 Å². The van der Waals surface area contributed by atoms with E-state index in [9.17, 15) is 4.79 Å². The molecule has 0 spiro atoms. The average Bonchev–Trinajstić information content (AvgIpc) is 1.61. The Labute approximate surface area is 50.5 Å². The number of aliphatic carboxylic acids is 1.